The lowest BCUT2D eigenvalue weighted by Gasteiger charge is -2.24. The van der Waals surface area contributed by atoms with Crippen LogP contribution in [0.3, 0.4) is 0 Å². The summed E-state index contributed by atoms with van der Waals surface area (Å²) in [6.45, 7) is 6.90. The predicted molar refractivity (Wildman–Crippen MR) is 78.1 cm³/mol. The van der Waals surface area contributed by atoms with E-state index in [0.717, 1.165) is 17.8 Å². The highest BCUT2D eigenvalue weighted by molar-refractivity contribution is 5.05. The average molecular weight is 234 g/mol. The van der Waals surface area contributed by atoms with Crippen molar-refractivity contribution >= 4 is 0 Å². The monoisotopic (exact) mass is 234 g/mol. The molecule has 0 fully saturated rings. The van der Waals surface area contributed by atoms with E-state index in [1.165, 1.54) is 44.9 Å². The molecule has 0 radical (unpaired) electrons. The second-order valence-electron chi connectivity index (χ2n) is 5.50. The molecule has 0 heterocycles. The second kappa shape index (κ2) is 8.55. The Bertz CT molecular complexity index is 236. The van der Waals surface area contributed by atoms with Crippen LogP contribution < -0.4 is 0 Å². The molecule has 0 unspecified atom stereocenters. The third kappa shape index (κ3) is 5.10. The summed E-state index contributed by atoms with van der Waals surface area (Å²) in [5, 5.41) is 0. The molecule has 0 amide bonds. The summed E-state index contributed by atoms with van der Waals surface area (Å²) >= 11 is 0. The maximum Gasteiger partial charge on any atom is -0.0171 e. The highest BCUT2D eigenvalue weighted by Gasteiger charge is 2.17. The Labute approximate surface area is 108 Å². The molecular formula is C17H30. The highest BCUT2D eigenvalue weighted by Crippen LogP contribution is 2.29. The van der Waals surface area contributed by atoms with Gasteiger partial charge in [-0.1, -0.05) is 64.3 Å². The molecular weight excluding hydrogens is 204 g/mol. The predicted octanol–water partition coefficient (Wildman–Crippen LogP) is 5.75. The zero-order valence-corrected chi connectivity index (χ0v) is 12.0. The van der Waals surface area contributed by atoms with E-state index in [1.807, 2.05) is 0 Å². The molecule has 0 heteroatoms. The van der Waals surface area contributed by atoms with E-state index in [2.05, 4.69) is 45.1 Å². The van der Waals surface area contributed by atoms with E-state index in [4.69, 9.17) is 0 Å². The van der Waals surface area contributed by atoms with Gasteiger partial charge < -0.3 is 0 Å². The van der Waals surface area contributed by atoms with Crippen LogP contribution in [-0.2, 0) is 0 Å². The van der Waals surface area contributed by atoms with Crippen molar-refractivity contribution in [1.82, 2.24) is 0 Å². The van der Waals surface area contributed by atoms with Crippen LogP contribution in [0.5, 0.6) is 0 Å². The maximum absolute atomic E-state index is 2.54. The fourth-order valence-corrected chi connectivity index (χ4v) is 2.96. The topological polar surface area (TPSA) is 0 Å². The molecule has 0 aromatic carbocycles. The van der Waals surface area contributed by atoms with Crippen LogP contribution in [0.4, 0.5) is 0 Å². The molecule has 0 saturated heterocycles. The molecule has 0 nitrogen and oxygen atoms in total. The zero-order valence-electron chi connectivity index (χ0n) is 12.0. The Hall–Kier alpha value is -0.520. The van der Waals surface area contributed by atoms with Crippen LogP contribution in [0.25, 0.3) is 0 Å². The van der Waals surface area contributed by atoms with Crippen LogP contribution in [0.2, 0.25) is 0 Å². The lowest BCUT2D eigenvalue weighted by molar-refractivity contribution is 0.404. The highest BCUT2D eigenvalue weighted by atomic mass is 14.2. The SMILES string of the molecule is CCC[C@@H]1/C=C\[C@H](CCC)[C@H](CCC)/C=C\C1. The summed E-state index contributed by atoms with van der Waals surface area (Å²) < 4.78 is 0. The standard InChI is InChI=1S/C17H30/c1-4-8-15-11-7-12-16(9-5-2)17(10-6-3)14-13-15/h7,12-17H,4-6,8-11H2,1-3H3/b12-7-,14-13-/t15-,16+,17-/m0/s1. The van der Waals surface area contributed by atoms with Gasteiger partial charge in [0.1, 0.15) is 0 Å². The van der Waals surface area contributed by atoms with Gasteiger partial charge in [-0.3, -0.25) is 0 Å². The van der Waals surface area contributed by atoms with Crippen molar-refractivity contribution in [3.63, 3.8) is 0 Å². The molecule has 0 aliphatic heterocycles. The van der Waals surface area contributed by atoms with Crippen LogP contribution in [0, 0.1) is 17.8 Å². The van der Waals surface area contributed by atoms with Crippen LogP contribution in [0.1, 0.15) is 65.7 Å². The molecule has 3 atom stereocenters. The molecule has 98 valence electrons. The van der Waals surface area contributed by atoms with E-state index in [1.54, 1.807) is 0 Å². The maximum atomic E-state index is 2.54. The Balaban J connectivity index is 2.67. The molecule has 0 saturated carbocycles. The molecule has 0 bridgehead atoms. The van der Waals surface area contributed by atoms with Gasteiger partial charge in [0.2, 0.25) is 0 Å². The van der Waals surface area contributed by atoms with Crippen LogP contribution in [0.15, 0.2) is 24.3 Å². The van der Waals surface area contributed by atoms with Gasteiger partial charge in [-0.2, -0.15) is 0 Å². The van der Waals surface area contributed by atoms with E-state index in [0.29, 0.717) is 0 Å². The summed E-state index contributed by atoms with van der Waals surface area (Å²) in [5.74, 6) is 2.37. The lowest BCUT2D eigenvalue weighted by atomic mass is 9.81. The molecule has 0 spiro atoms. The van der Waals surface area contributed by atoms with Gasteiger partial charge in [-0.25, -0.2) is 0 Å². The van der Waals surface area contributed by atoms with Crippen molar-refractivity contribution in [1.29, 1.82) is 0 Å². The second-order valence-corrected chi connectivity index (χ2v) is 5.50. The van der Waals surface area contributed by atoms with Gasteiger partial charge in [0, 0.05) is 0 Å². The number of rotatable bonds is 6. The third-order valence-corrected chi connectivity index (χ3v) is 3.91. The van der Waals surface area contributed by atoms with Gasteiger partial charge in [-0.15, -0.1) is 0 Å². The van der Waals surface area contributed by atoms with Crippen molar-refractivity contribution in [2.45, 2.75) is 65.7 Å². The average Bonchev–Trinajstić information content (AvgIpc) is 2.31. The van der Waals surface area contributed by atoms with Crippen molar-refractivity contribution in [3.8, 4) is 0 Å². The van der Waals surface area contributed by atoms with Crippen molar-refractivity contribution in [3.05, 3.63) is 24.3 Å². The van der Waals surface area contributed by atoms with Crippen molar-refractivity contribution in [2.24, 2.45) is 17.8 Å². The van der Waals surface area contributed by atoms with Gasteiger partial charge in [0.05, 0.1) is 0 Å². The summed E-state index contributed by atoms with van der Waals surface area (Å²) in [7, 11) is 0. The van der Waals surface area contributed by atoms with E-state index in [-0.39, 0.29) is 0 Å². The van der Waals surface area contributed by atoms with E-state index in [9.17, 15) is 0 Å². The van der Waals surface area contributed by atoms with Gasteiger partial charge in [0.15, 0.2) is 0 Å². The number of hydrogen-bond acceptors (Lipinski definition) is 0. The molecule has 0 N–H and O–H groups in total. The molecule has 0 aromatic heterocycles. The molecule has 1 aliphatic carbocycles. The van der Waals surface area contributed by atoms with Gasteiger partial charge in [-0.05, 0) is 43.4 Å². The Kier molecular flexibility index (Phi) is 7.32. The van der Waals surface area contributed by atoms with Crippen LogP contribution >= 0.6 is 0 Å². The number of hydrogen-bond donors (Lipinski definition) is 0. The van der Waals surface area contributed by atoms with E-state index < -0.39 is 0 Å². The Morgan fingerprint density at radius 2 is 1.35 bits per heavy atom. The molecule has 1 aliphatic rings. The normalized spacial score (nSPS) is 32.8. The summed E-state index contributed by atoms with van der Waals surface area (Å²) in [6.07, 6.45) is 19.2. The van der Waals surface area contributed by atoms with Crippen molar-refractivity contribution < 1.29 is 0 Å². The fraction of sp³-hybridized carbons (Fsp3) is 0.765. The zero-order chi connectivity index (χ0) is 12.5. The Morgan fingerprint density at radius 3 is 1.94 bits per heavy atom. The van der Waals surface area contributed by atoms with Crippen LogP contribution in [-0.4, -0.2) is 0 Å². The van der Waals surface area contributed by atoms with Gasteiger partial charge >= 0.3 is 0 Å². The van der Waals surface area contributed by atoms with E-state index >= 15 is 0 Å². The fourth-order valence-electron chi connectivity index (χ4n) is 2.96. The molecule has 17 heavy (non-hydrogen) atoms. The van der Waals surface area contributed by atoms with Crippen molar-refractivity contribution in [2.75, 3.05) is 0 Å². The summed E-state index contributed by atoms with van der Waals surface area (Å²) in [4.78, 5) is 0. The Morgan fingerprint density at radius 1 is 0.765 bits per heavy atom. The minimum Gasteiger partial charge on any atom is -0.0877 e. The quantitative estimate of drug-likeness (QED) is 0.513. The molecule has 0 aromatic rings. The van der Waals surface area contributed by atoms with Gasteiger partial charge in [0.25, 0.3) is 0 Å². The smallest absolute Gasteiger partial charge is 0.0171 e. The lowest BCUT2D eigenvalue weighted by Crippen LogP contribution is -2.12. The molecule has 1 rings (SSSR count). The minimum atomic E-state index is 0.788. The summed E-state index contributed by atoms with van der Waals surface area (Å²) in [6, 6.07) is 0. The third-order valence-electron chi connectivity index (χ3n) is 3.91. The first-order chi connectivity index (χ1) is 8.31. The number of allylic oxidation sites excluding steroid dienone is 4. The largest absolute Gasteiger partial charge is 0.0877 e. The first-order valence-corrected chi connectivity index (χ1v) is 7.66. The summed E-state index contributed by atoms with van der Waals surface area (Å²) in [5.41, 5.74) is 0. The minimum absolute atomic E-state index is 0.788. The first-order valence-electron chi connectivity index (χ1n) is 7.66. The first kappa shape index (κ1) is 14.5.